The number of carbonyl (C=O) groups excluding carboxylic acids is 2. The summed E-state index contributed by atoms with van der Waals surface area (Å²) in [5.41, 5.74) is 1.90. The summed E-state index contributed by atoms with van der Waals surface area (Å²) in [4.78, 5) is 23.8. The molecule has 5 heteroatoms. The second-order valence-corrected chi connectivity index (χ2v) is 5.25. The van der Waals surface area contributed by atoms with E-state index in [1.807, 2.05) is 18.2 Å². The van der Waals surface area contributed by atoms with Crippen molar-refractivity contribution < 1.29 is 23.5 Å². The molecule has 1 heterocycles. The molecule has 0 aliphatic rings. The van der Waals surface area contributed by atoms with Crippen molar-refractivity contribution in [2.24, 2.45) is 0 Å². The van der Waals surface area contributed by atoms with Gasteiger partial charge < -0.3 is 13.9 Å². The molecule has 128 valence electrons. The van der Waals surface area contributed by atoms with Crippen LogP contribution in [0, 0.1) is 0 Å². The van der Waals surface area contributed by atoms with E-state index in [0.717, 1.165) is 12.8 Å². The van der Waals surface area contributed by atoms with Gasteiger partial charge in [-0.2, -0.15) is 0 Å². The summed E-state index contributed by atoms with van der Waals surface area (Å²) in [5.74, 6) is -0.998. The second-order valence-electron chi connectivity index (χ2n) is 5.25. The lowest BCUT2D eigenvalue weighted by Gasteiger charge is -2.03. The number of hydrogen-bond donors (Lipinski definition) is 0. The molecule has 0 spiro atoms. The Morgan fingerprint density at radius 2 is 1.62 bits per heavy atom. The molecule has 0 radical (unpaired) electrons. The first-order chi connectivity index (χ1) is 11.7. The maximum absolute atomic E-state index is 12.0. The smallest absolute Gasteiger partial charge is 0.374 e. The minimum atomic E-state index is -0.572. The average Bonchev–Trinajstić information content (AvgIpc) is 3.01. The fraction of sp³-hybridized carbons (Fsp3) is 0.368. The molecule has 24 heavy (non-hydrogen) atoms. The molecule has 0 fully saturated rings. The normalized spacial score (nSPS) is 10.4. The fourth-order valence-electron chi connectivity index (χ4n) is 2.41. The van der Waals surface area contributed by atoms with E-state index >= 15 is 0 Å². The van der Waals surface area contributed by atoms with E-state index in [-0.39, 0.29) is 24.7 Å². The second kappa shape index (κ2) is 8.91. The van der Waals surface area contributed by atoms with Crippen LogP contribution in [0.3, 0.4) is 0 Å². The monoisotopic (exact) mass is 330 g/mol. The largest absolute Gasteiger partial charge is 0.460 e. The summed E-state index contributed by atoms with van der Waals surface area (Å²) in [6.45, 7) is 3.94. The Balaban J connectivity index is 2.10. The molecule has 2 rings (SSSR count). The van der Waals surface area contributed by atoms with Crippen LogP contribution in [-0.4, -0.2) is 25.2 Å². The van der Waals surface area contributed by atoms with Crippen LogP contribution in [0.5, 0.6) is 0 Å². The summed E-state index contributed by atoms with van der Waals surface area (Å²) in [6, 6.07) is 11.7. The zero-order valence-corrected chi connectivity index (χ0v) is 14.0. The number of esters is 2. The van der Waals surface area contributed by atoms with Crippen molar-refractivity contribution >= 4 is 11.9 Å². The summed E-state index contributed by atoms with van der Waals surface area (Å²) in [7, 11) is 0. The first-order valence-corrected chi connectivity index (χ1v) is 8.16. The van der Waals surface area contributed by atoms with Crippen LogP contribution in [0.25, 0.3) is 0 Å². The molecule has 0 aliphatic carbocycles. The highest BCUT2D eigenvalue weighted by Gasteiger charge is 2.23. The first-order valence-electron chi connectivity index (χ1n) is 8.16. The van der Waals surface area contributed by atoms with E-state index < -0.39 is 11.9 Å². The molecule has 0 unspecified atom stereocenters. The van der Waals surface area contributed by atoms with Gasteiger partial charge in [0.1, 0.15) is 0 Å². The zero-order chi connectivity index (χ0) is 17.4. The maximum Gasteiger partial charge on any atom is 0.374 e. The molecule has 1 aromatic heterocycles. The summed E-state index contributed by atoms with van der Waals surface area (Å²) in [6.07, 6.45) is 2.33. The number of benzene rings is 1. The van der Waals surface area contributed by atoms with Gasteiger partial charge in [0.25, 0.3) is 0 Å². The minimum absolute atomic E-state index is 0.0367. The SMILES string of the molecule is CCOC(=O)c1cc(CCCc2ccccc2)c(C(=O)OCC)o1. The van der Waals surface area contributed by atoms with Gasteiger partial charge in [0.05, 0.1) is 13.2 Å². The molecule has 0 atom stereocenters. The highest BCUT2D eigenvalue weighted by molar-refractivity contribution is 5.92. The molecule has 0 aliphatic heterocycles. The van der Waals surface area contributed by atoms with Crippen LogP contribution in [0.1, 0.15) is 52.5 Å². The van der Waals surface area contributed by atoms with Gasteiger partial charge in [0.15, 0.2) is 0 Å². The molecule has 1 aromatic carbocycles. The number of hydrogen-bond acceptors (Lipinski definition) is 5. The van der Waals surface area contributed by atoms with Gasteiger partial charge in [0, 0.05) is 5.56 Å². The van der Waals surface area contributed by atoms with Crippen LogP contribution in [0.2, 0.25) is 0 Å². The first kappa shape index (κ1) is 17.8. The molecule has 2 aromatic rings. The number of aryl methyl sites for hydroxylation is 2. The van der Waals surface area contributed by atoms with E-state index in [9.17, 15) is 9.59 Å². The molecule has 0 bridgehead atoms. The van der Waals surface area contributed by atoms with Gasteiger partial charge in [-0.25, -0.2) is 9.59 Å². The third kappa shape index (κ3) is 4.72. The molecular weight excluding hydrogens is 308 g/mol. The molecule has 0 N–H and O–H groups in total. The third-order valence-corrected chi connectivity index (χ3v) is 3.50. The van der Waals surface area contributed by atoms with Gasteiger partial charge >= 0.3 is 11.9 Å². The zero-order valence-electron chi connectivity index (χ0n) is 14.0. The molecule has 5 nitrogen and oxygen atoms in total. The summed E-state index contributed by atoms with van der Waals surface area (Å²) >= 11 is 0. The quantitative estimate of drug-likeness (QED) is 0.689. The molecular formula is C19H22O5. The molecule has 0 saturated carbocycles. The van der Waals surface area contributed by atoms with Crippen molar-refractivity contribution in [1.29, 1.82) is 0 Å². The van der Waals surface area contributed by atoms with E-state index in [2.05, 4.69) is 12.1 Å². The van der Waals surface area contributed by atoms with Gasteiger partial charge in [-0.15, -0.1) is 0 Å². The van der Waals surface area contributed by atoms with E-state index in [4.69, 9.17) is 13.9 Å². The van der Waals surface area contributed by atoms with Crippen molar-refractivity contribution in [1.82, 2.24) is 0 Å². The minimum Gasteiger partial charge on any atom is -0.460 e. The van der Waals surface area contributed by atoms with E-state index in [0.29, 0.717) is 12.0 Å². The van der Waals surface area contributed by atoms with Crippen LogP contribution in [0.15, 0.2) is 40.8 Å². The third-order valence-electron chi connectivity index (χ3n) is 3.50. The van der Waals surface area contributed by atoms with Crippen LogP contribution >= 0.6 is 0 Å². The Labute approximate surface area is 141 Å². The Hall–Kier alpha value is -2.56. The van der Waals surface area contributed by atoms with E-state index in [1.165, 1.54) is 5.56 Å². The average molecular weight is 330 g/mol. The highest BCUT2D eigenvalue weighted by atomic mass is 16.6. The lowest BCUT2D eigenvalue weighted by atomic mass is 10.0. The topological polar surface area (TPSA) is 65.7 Å². The highest BCUT2D eigenvalue weighted by Crippen LogP contribution is 2.20. The van der Waals surface area contributed by atoms with Crippen molar-refractivity contribution in [2.75, 3.05) is 13.2 Å². The standard InChI is InChI=1S/C19H22O5/c1-3-22-18(20)16-13-15(17(24-16)19(21)23-4-2)12-8-11-14-9-6-5-7-10-14/h5-7,9-10,13H,3-4,8,11-12H2,1-2H3. The predicted octanol–water partition coefficient (Wildman–Crippen LogP) is 3.81. The molecule has 0 saturated heterocycles. The fourth-order valence-corrected chi connectivity index (χ4v) is 2.41. The Morgan fingerprint density at radius 3 is 2.29 bits per heavy atom. The Kier molecular flexibility index (Phi) is 6.61. The van der Waals surface area contributed by atoms with Crippen molar-refractivity contribution in [2.45, 2.75) is 33.1 Å². The number of rotatable bonds is 8. The summed E-state index contributed by atoms with van der Waals surface area (Å²) in [5, 5.41) is 0. The van der Waals surface area contributed by atoms with Crippen molar-refractivity contribution in [3.8, 4) is 0 Å². The van der Waals surface area contributed by atoms with Crippen LogP contribution in [-0.2, 0) is 22.3 Å². The van der Waals surface area contributed by atoms with Gasteiger partial charge in [-0.05, 0) is 44.7 Å². The number of ether oxygens (including phenoxy) is 2. The number of carbonyl (C=O) groups is 2. The Bertz CT molecular complexity index is 672. The lowest BCUT2D eigenvalue weighted by Crippen LogP contribution is -2.06. The Morgan fingerprint density at radius 1 is 0.958 bits per heavy atom. The van der Waals surface area contributed by atoms with Gasteiger partial charge in [0.2, 0.25) is 11.5 Å². The maximum atomic E-state index is 12.0. The van der Waals surface area contributed by atoms with Gasteiger partial charge in [-0.1, -0.05) is 30.3 Å². The summed E-state index contributed by atoms with van der Waals surface area (Å²) < 4.78 is 15.3. The van der Waals surface area contributed by atoms with Gasteiger partial charge in [-0.3, -0.25) is 0 Å². The van der Waals surface area contributed by atoms with Crippen LogP contribution in [0.4, 0.5) is 0 Å². The number of furan rings is 1. The molecule has 0 amide bonds. The van der Waals surface area contributed by atoms with E-state index in [1.54, 1.807) is 19.9 Å². The van der Waals surface area contributed by atoms with Crippen LogP contribution < -0.4 is 0 Å². The lowest BCUT2D eigenvalue weighted by molar-refractivity contribution is 0.0455. The predicted molar refractivity (Wildman–Crippen MR) is 89.1 cm³/mol. The van der Waals surface area contributed by atoms with Crippen molar-refractivity contribution in [3.63, 3.8) is 0 Å². The van der Waals surface area contributed by atoms with Crippen molar-refractivity contribution in [3.05, 3.63) is 59.0 Å².